The lowest BCUT2D eigenvalue weighted by Crippen LogP contribution is -2.45. The average Bonchev–Trinajstić information content (AvgIpc) is 2.16. The van der Waals surface area contributed by atoms with Crippen LogP contribution in [0.5, 0.6) is 0 Å². The SMILES string of the molecule is CNC(=O)CCN1CCN(C)CC1. The van der Waals surface area contributed by atoms with E-state index in [-0.39, 0.29) is 5.91 Å². The second-order valence-corrected chi connectivity index (χ2v) is 3.57. The lowest BCUT2D eigenvalue weighted by molar-refractivity contribution is -0.121. The first-order valence-corrected chi connectivity index (χ1v) is 4.84. The highest BCUT2D eigenvalue weighted by Crippen LogP contribution is 1.99. The van der Waals surface area contributed by atoms with Crippen LogP contribution in [0.15, 0.2) is 0 Å². The molecule has 0 saturated carbocycles. The zero-order chi connectivity index (χ0) is 9.68. The van der Waals surface area contributed by atoms with E-state index in [0.29, 0.717) is 6.42 Å². The molecule has 1 amide bonds. The van der Waals surface area contributed by atoms with Crippen LogP contribution in [0.4, 0.5) is 0 Å². The summed E-state index contributed by atoms with van der Waals surface area (Å²) in [5.74, 6) is 0.138. The van der Waals surface area contributed by atoms with Crippen molar-refractivity contribution in [2.24, 2.45) is 0 Å². The number of nitrogens with zero attached hydrogens (tertiary/aromatic N) is 2. The predicted molar refractivity (Wildman–Crippen MR) is 52.6 cm³/mol. The summed E-state index contributed by atoms with van der Waals surface area (Å²) >= 11 is 0. The highest BCUT2D eigenvalue weighted by molar-refractivity contribution is 5.75. The number of hydrogen-bond acceptors (Lipinski definition) is 3. The number of hydrogen-bond donors (Lipinski definition) is 1. The van der Waals surface area contributed by atoms with Gasteiger partial charge in [-0.1, -0.05) is 0 Å². The van der Waals surface area contributed by atoms with Crippen molar-refractivity contribution in [1.29, 1.82) is 0 Å². The molecule has 4 nitrogen and oxygen atoms in total. The van der Waals surface area contributed by atoms with Crippen molar-refractivity contribution in [2.75, 3.05) is 46.8 Å². The number of amides is 1. The Kier molecular flexibility index (Phi) is 4.18. The van der Waals surface area contributed by atoms with Gasteiger partial charge in [0.1, 0.15) is 0 Å². The maximum absolute atomic E-state index is 11.0. The number of carbonyl (C=O) groups is 1. The molecule has 1 fully saturated rings. The predicted octanol–water partition coefficient (Wildman–Crippen LogP) is -0.630. The van der Waals surface area contributed by atoms with Crippen LogP contribution in [0.2, 0.25) is 0 Å². The van der Waals surface area contributed by atoms with Gasteiger partial charge >= 0.3 is 0 Å². The van der Waals surface area contributed by atoms with Crippen molar-refractivity contribution in [3.05, 3.63) is 0 Å². The smallest absolute Gasteiger partial charge is 0.221 e. The Morgan fingerprint density at radius 1 is 1.31 bits per heavy atom. The topological polar surface area (TPSA) is 35.6 Å². The zero-order valence-electron chi connectivity index (χ0n) is 8.55. The second kappa shape index (κ2) is 5.19. The van der Waals surface area contributed by atoms with Crippen LogP contribution in [-0.2, 0) is 4.79 Å². The summed E-state index contributed by atoms with van der Waals surface area (Å²) in [5, 5.41) is 2.64. The third kappa shape index (κ3) is 3.74. The third-order valence-corrected chi connectivity index (χ3v) is 2.53. The molecule has 1 heterocycles. The summed E-state index contributed by atoms with van der Waals surface area (Å²) in [7, 11) is 3.82. The number of piperazine rings is 1. The zero-order valence-corrected chi connectivity index (χ0v) is 8.55. The van der Waals surface area contributed by atoms with Crippen molar-refractivity contribution in [2.45, 2.75) is 6.42 Å². The third-order valence-electron chi connectivity index (χ3n) is 2.53. The van der Waals surface area contributed by atoms with Gasteiger partial charge in [-0.05, 0) is 7.05 Å². The van der Waals surface area contributed by atoms with Gasteiger partial charge in [-0.15, -0.1) is 0 Å². The average molecular weight is 185 g/mol. The fourth-order valence-corrected chi connectivity index (χ4v) is 1.46. The van der Waals surface area contributed by atoms with Crippen LogP contribution in [0.3, 0.4) is 0 Å². The van der Waals surface area contributed by atoms with Crippen molar-refractivity contribution in [1.82, 2.24) is 15.1 Å². The van der Waals surface area contributed by atoms with E-state index in [1.54, 1.807) is 7.05 Å². The van der Waals surface area contributed by atoms with Crippen LogP contribution in [-0.4, -0.2) is 62.5 Å². The molecule has 0 atom stereocenters. The summed E-state index contributed by atoms with van der Waals surface area (Å²) in [6, 6.07) is 0. The van der Waals surface area contributed by atoms with E-state index in [9.17, 15) is 4.79 Å². The minimum Gasteiger partial charge on any atom is -0.359 e. The number of carbonyl (C=O) groups excluding carboxylic acids is 1. The minimum atomic E-state index is 0.138. The van der Waals surface area contributed by atoms with Crippen molar-refractivity contribution >= 4 is 5.91 Å². The molecule has 0 radical (unpaired) electrons. The number of likely N-dealkylation sites (N-methyl/N-ethyl adjacent to an activating group) is 1. The summed E-state index contributed by atoms with van der Waals surface area (Å²) in [5.41, 5.74) is 0. The first-order chi connectivity index (χ1) is 6.22. The molecule has 0 aromatic carbocycles. The summed E-state index contributed by atoms with van der Waals surface area (Å²) in [6.07, 6.45) is 0.625. The van der Waals surface area contributed by atoms with E-state index in [0.717, 1.165) is 32.7 Å². The van der Waals surface area contributed by atoms with Crippen LogP contribution in [0.1, 0.15) is 6.42 Å². The molecule has 0 spiro atoms. The van der Waals surface area contributed by atoms with Crippen LogP contribution in [0.25, 0.3) is 0 Å². The van der Waals surface area contributed by atoms with Gasteiger partial charge in [-0.3, -0.25) is 4.79 Å². The maximum Gasteiger partial charge on any atom is 0.221 e. The Hall–Kier alpha value is -0.610. The van der Waals surface area contributed by atoms with Gasteiger partial charge in [0.2, 0.25) is 5.91 Å². The van der Waals surface area contributed by atoms with Gasteiger partial charge in [0, 0.05) is 46.2 Å². The van der Waals surface area contributed by atoms with E-state index < -0.39 is 0 Å². The van der Waals surface area contributed by atoms with Gasteiger partial charge < -0.3 is 15.1 Å². The number of nitrogens with one attached hydrogen (secondary N) is 1. The molecule has 13 heavy (non-hydrogen) atoms. The lowest BCUT2D eigenvalue weighted by atomic mass is 10.3. The van der Waals surface area contributed by atoms with Crippen LogP contribution in [0, 0.1) is 0 Å². The minimum absolute atomic E-state index is 0.138. The van der Waals surface area contributed by atoms with E-state index >= 15 is 0 Å². The standard InChI is InChI=1S/C9H19N3O/c1-10-9(13)3-4-12-7-5-11(2)6-8-12/h3-8H2,1-2H3,(H,10,13). The van der Waals surface area contributed by atoms with E-state index in [1.807, 2.05) is 0 Å². The van der Waals surface area contributed by atoms with Gasteiger partial charge in [-0.25, -0.2) is 0 Å². The largest absolute Gasteiger partial charge is 0.359 e. The normalized spacial score (nSPS) is 20.2. The monoisotopic (exact) mass is 185 g/mol. The Morgan fingerprint density at radius 3 is 2.46 bits per heavy atom. The quantitative estimate of drug-likeness (QED) is 0.636. The molecule has 76 valence electrons. The van der Waals surface area contributed by atoms with E-state index in [4.69, 9.17) is 0 Å². The fourth-order valence-electron chi connectivity index (χ4n) is 1.46. The van der Waals surface area contributed by atoms with Crippen molar-refractivity contribution in [3.8, 4) is 0 Å². The first-order valence-electron chi connectivity index (χ1n) is 4.84. The highest BCUT2D eigenvalue weighted by Gasteiger charge is 2.13. The van der Waals surface area contributed by atoms with E-state index in [1.165, 1.54) is 0 Å². The highest BCUT2D eigenvalue weighted by atomic mass is 16.1. The first kappa shape index (κ1) is 10.5. The summed E-state index contributed by atoms with van der Waals surface area (Å²) in [4.78, 5) is 15.6. The molecular weight excluding hydrogens is 166 g/mol. The molecular formula is C9H19N3O. The van der Waals surface area contributed by atoms with Gasteiger partial charge in [-0.2, -0.15) is 0 Å². The van der Waals surface area contributed by atoms with E-state index in [2.05, 4.69) is 22.2 Å². The van der Waals surface area contributed by atoms with Crippen molar-refractivity contribution in [3.63, 3.8) is 0 Å². The molecule has 0 aromatic heterocycles. The molecule has 0 unspecified atom stereocenters. The number of rotatable bonds is 3. The van der Waals surface area contributed by atoms with Gasteiger partial charge in [0.25, 0.3) is 0 Å². The molecule has 1 N–H and O–H groups in total. The lowest BCUT2D eigenvalue weighted by Gasteiger charge is -2.32. The van der Waals surface area contributed by atoms with Crippen molar-refractivity contribution < 1.29 is 4.79 Å². The fraction of sp³-hybridized carbons (Fsp3) is 0.889. The summed E-state index contributed by atoms with van der Waals surface area (Å²) < 4.78 is 0. The van der Waals surface area contributed by atoms with Gasteiger partial charge in [0.15, 0.2) is 0 Å². The Labute approximate surface area is 79.9 Å². The molecule has 0 bridgehead atoms. The molecule has 1 rings (SSSR count). The Balaban J connectivity index is 2.12. The summed E-state index contributed by atoms with van der Waals surface area (Å²) in [6.45, 7) is 5.32. The van der Waals surface area contributed by atoms with Gasteiger partial charge in [0.05, 0.1) is 0 Å². The molecule has 1 saturated heterocycles. The molecule has 1 aliphatic rings. The Bertz CT molecular complexity index is 164. The molecule has 0 aliphatic carbocycles. The molecule has 4 heteroatoms. The van der Waals surface area contributed by atoms with Crippen LogP contribution >= 0.6 is 0 Å². The Morgan fingerprint density at radius 2 is 1.92 bits per heavy atom. The second-order valence-electron chi connectivity index (χ2n) is 3.57. The van der Waals surface area contributed by atoms with Crippen LogP contribution < -0.4 is 5.32 Å². The molecule has 1 aliphatic heterocycles. The molecule has 0 aromatic rings. The maximum atomic E-state index is 11.0.